The van der Waals surface area contributed by atoms with Crippen molar-refractivity contribution in [1.82, 2.24) is 0 Å². The molecule has 0 radical (unpaired) electrons. The van der Waals surface area contributed by atoms with E-state index in [4.69, 9.17) is 5.26 Å². The number of nitrogens with one attached hydrogen (secondary N) is 1. The van der Waals surface area contributed by atoms with Crippen LogP contribution in [-0.2, 0) is 6.18 Å². The minimum Gasteiger partial charge on any atom is -0.385 e. The molecule has 2 nitrogen and oxygen atoms in total. The molecule has 0 fully saturated rings. The second-order valence-corrected chi connectivity index (χ2v) is 3.72. The zero-order valence-corrected chi connectivity index (χ0v) is 9.43. The fraction of sp³-hybridized carbons (Fsp3) is 0.417. The van der Waals surface area contributed by atoms with Crippen LogP contribution in [-0.4, -0.2) is 6.54 Å². The molecule has 17 heavy (non-hydrogen) atoms. The van der Waals surface area contributed by atoms with Crippen molar-refractivity contribution in [3.63, 3.8) is 0 Å². The third kappa shape index (κ3) is 3.99. The number of rotatable bonds is 4. The average molecular weight is 242 g/mol. The van der Waals surface area contributed by atoms with E-state index < -0.39 is 11.7 Å². The van der Waals surface area contributed by atoms with Crippen LogP contribution >= 0.6 is 0 Å². The van der Waals surface area contributed by atoms with Gasteiger partial charge in [0.05, 0.1) is 11.6 Å². The van der Waals surface area contributed by atoms with E-state index in [1.807, 2.05) is 6.07 Å². The predicted molar refractivity (Wildman–Crippen MR) is 59.5 cm³/mol. The molecule has 92 valence electrons. The van der Waals surface area contributed by atoms with Gasteiger partial charge in [-0.05, 0) is 31.0 Å². The summed E-state index contributed by atoms with van der Waals surface area (Å²) in [6.45, 7) is 2.24. The van der Waals surface area contributed by atoms with Gasteiger partial charge in [0.25, 0.3) is 0 Å². The Balaban J connectivity index is 2.74. The van der Waals surface area contributed by atoms with Crippen molar-refractivity contribution in [2.45, 2.75) is 25.9 Å². The lowest BCUT2D eigenvalue weighted by Crippen LogP contribution is -2.08. The van der Waals surface area contributed by atoms with Crippen molar-refractivity contribution in [3.8, 4) is 6.07 Å². The Morgan fingerprint density at radius 3 is 2.65 bits per heavy atom. The highest BCUT2D eigenvalue weighted by atomic mass is 19.4. The molecule has 0 spiro atoms. The second-order valence-electron chi connectivity index (χ2n) is 3.72. The number of unbranched alkanes of at least 4 members (excludes halogenated alkanes) is 1. The highest BCUT2D eigenvalue weighted by Crippen LogP contribution is 2.31. The molecule has 1 aromatic rings. The molecule has 0 amide bonds. The van der Waals surface area contributed by atoms with Gasteiger partial charge in [-0.1, -0.05) is 6.07 Å². The zero-order chi connectivity index (χ0) is 12.9. The molecule has 0 aliphatic carbocycles. The van der Waals surface area contributed by atoms with Crippen LogP contribution in [0.4, 0.5) is 18.9 Å². The van der Waals surface area contributed by atoms with E-state index in [0.717, 1.165) is 17.7 Å². The van der Waals surface area contributed by atoms with Crippen molar-refractivity contribution in [3.05, 3.63) is 29.3 Å². The van der Waals surface area contributed by atoms with E-state index >= 15 is 0 Å². The number of aryl methyl sites for hydroxylation is 1. The minimum absolute atomic E-state index is 0.394. The van der Waals surface area contributed by atoms with Crippen LogP contribution in [0.5, 0.6) is 0 Å². The fourth-order valence-corrected chi connectivity index (χ4v) is 1.38. The molecule has 0 unspecified atom stereocenters. The molecular weight excluding hydrogens is 229 g/mol. The first-order valence-electron chi connectivity index (χ1n) is 5.24. The summed E-state index contributed by atoms with van der Waals surface area (Å²) in [7, 11) is 0. The SMILES string of the molecule is Cc1ccc(C(F)(F)F)cc1NCCCC#N. The monoisotopic (exact) mass is 242 g/mol. The van der Waals surface area contributed by atoms with E-state index in [1.165, 1.54) is 6.07 Å². The van der Waals surface area contributed by atoms with Crippen LogP contribution in [0.1, 0.15) is 24.0 Å². The Kier molecular flexibility index (Phi) is 4.38. The van der Waals surface area contributed by atoms with Crippen LogP contribution in [0.2, 0.25) is 0 Å². The summed E-state index contributed by atoms with van der Waals surface area (Å²) in [5.41, 5.74) is 0.568. The summed E-state index contributed by atoms with van der Waals surface area (Å²) in [5, 5.41) is 11.3. The number of nitriles is 1. The molecule has 5 heteroatoms. The number of halogens is 3. The Morgan fingerprint density at radius 2 is 2.06 bits per heavy atom. The van der Waals surface area contributed by atoms with Crippen LogP contribution < -0.4 is 5.32 Å². The number of benzene rings is 1. The van der Waals surface area contributed by atoms with E-state index in [0.29, 0.717) is 25.1 Å². The van der Waals surface area contributed by atoms with Crippen molar-refractivity contribution in [1.29, 1.82) is 5.26 Å². The van der Waals surface area contributed by atoms with Crippen LogP contribution in [0.15, 0.2) is 18.2 Å². The van der Waals surface area contributed by atoms with Crippen LogP contribution in [0.25, 0.3) is 0 Å². The Labute approximate surface area is 98.1 Å². The van der Waals surface area contributed by atoms with Crippen molar-refractivity contribution in [2.24, 2.45) is 0 Å². The van der Waals surface area contributed by atoms with Gasteiger partial charge in [0.1, 0.15) is 0 Å². The van der Waals surface area contributed by atoms with Gasteiger partial charge in [0, 0.05) is 18.7 Å². The number of hydrogen-bond donors (Lipinski definition) is 1. The maximum absolute atomic E-state index is 12.5. The smallest absolute Gasteiger partial charge is 0.385 e. The largest absolute Gasteiger partial charge is 0.416 e. The van der Waals surface area contributed by atoms with Crippen LogP contribution in [0.3, 0.4) is 0 Å². The quantitative estimate of drug-likeness (QED) is 0.816. The third-order valence-electron chi connectivity index (χ3n) is 2.35. The van der Waals surface area contributed by atoms with Gasteiger partial charge in [0.15, 0.2) is 0 Å². The molecule has 0 aliphatic rings. The molecule has 1 aromatic carbocycles. The molecule has 0 heterocycles. The second kappa shape index (κ2) is 5.58. The van der Waals surface area contributed by atoms with E-state index in [1.54, 1.807) is 6.92 Å². The first-order valence-corrected chi connectivity index (χ1v) is 5.24. The van der Waals surface area contributed by atoms with Crippen molar-refractivity contribution in [2.75, 3.05) is 11.9 Å². The lowest BCUT2D eigenvalue weighted by molar-refractivity contribution is -0.137. The summed E-state index contributed by atoms with van der Waals surface area (Å²) in [6, 6.07) is 5.59. The lowest BCUT2D eigenvalue weighted by atomic mass is 10.1. The number of hydrogen-bond acceptors (Lipinski definition) is 2. The topological polar surface area (TPSA) is 35.8 Å². The number of anilines is 1. The Bertz CT molecular complexity index is 419. The highest BCUT2D eigenvalue weighted by Gasteiger charge is 2.30. The number of alkyl halides is 3. The van der Waals surface area contributed by atoms with Gasteiger partial charge in [-0.25, -0.2) is 0 Å². The predicted octanol–water partition coefficient (Wildman–Crippen LogP) is 3.73. The van der Waals surface area contributed by atoms with Gasteiger partial charge in [0.2, 0.25) is 0 Å². The average Bonchev–Trinajstić information content (AvgIpc) is 2.25. The molecular formula is C12H13F3N2. The molecule has 0 atom stereocenters. The van der Waals surface area contributed by atoms with E-state index in [2.05, 4.69) is 5.32 Å². The third-order valence-corrected chi connectivity index (χ3v) is 2.35. The van der Waals surface area contributed by atoms with Crippen molar-refractivity contribution >= 4 is 5.69 Å². The molecule has 0 aliphatic heterocycles. The van der Waals surface area contributed by atoms with Crippen LogP contribution in [0, 0.1) is 18.3 Å². The molecule has 1 rings (SSSR count). The zero-order valence-electron chi connectivity index (χ0n) is 9.43. The van der Waals surface area contributed by atoms with Gasteiger partial charge in [-0.15, -0.1) is 0 Å². The first kappa shape index (κ1) is 13.4. The first-order chi connectivity index (χ1) is 7.95. The fourth-order valence-electron chi connectivity index (χ4n) is 1.38. The molecule has 1 N–H and O–H groups in total. The Morgan fingerprint density at radius 1 is 1.35 bits per heavy atom. The lowest BCUT2D eigenvalue weighted by Gasteiger charge is -2.12. The molecule has 0 bridgehead atoms. The van der Waals surface area contributed by atoms with Gasteiger partial charge >= 0.3 is 6.18 Å². The summed E-state index contributed by atoms with van der Waals surface area (Å²) in [5.74, 6) is 0. The highest BCUT2D eigenvalue weighted by molar-refractivity contribution is 5.53. The van der Waals surface area contributed by atoms with Crippen molar-refractivity contribution < 1.29 is 13.2 Å². The van der Waals surface area contributed by atoms with Gasteiger partial charge < -0.3 is 5.32 Å². The summed E-state index contributed by atoms with van der Waals surface area (Å²) in [6.07, 6.45) is -3.31. The van der Waals surface area contributed by atoms with Gasteiger partial charge in [-0.3, -0.25) is 0 Å². The summed E-state index contributed by atoms with van der Waals surface area (Å²) in [4.78, 5) is 0. The molecule has 0 saturated heterocycles. The maximum Gasteiger partial charge on any atom is 0.416 e. The van der Waals surface area contributed by atoms with E-state index in [-0.39, 0.29) is 0 Å². The normalized spacial score (nSPS) is 11.0. The Hall–Kier alpha value is -1.70. The molecule has 0 saturated carbocycles. The molecule has 0 aromatic heterocycles. The number of nitrogens with zero attached hydrogens (tertiary/aromatic N) is 1. The minimum atomic E-state index is -4.32. The van der Waals surface area contributed by atoms with E-state index in [9.17, 15) is 13.2 Å². The standard InChI is InChI=1S/C12H13F3N2/c1-9-4-5-10(12(13,14)15)8-11(9)17-7-3-2-6-16/h4-5,8,17H,2-3,7H2,1H3. The maximum atomic E-state index is 12.5. The van der Waals surface area contributed by atoms with Gasteiger partial charge in [-0.2, -0.15) is 18.4 Å². The summed E-state index contributed by atoms with van der Waals surface area (Å²) >= 11 is 0. The summed E-state index contributed by atoms with van der Waals surface area (Å²) < 4.78 is 37.4.